The lowest BCUT2D eigenvalue weighted by molar-refractivity contribution is -0.131. The minimum Gasteiger partial charge on any atom is -0.343 e. The first-order chi connectivity index (χ1) is 6.28. The number of carbonyl (C=O) groups excluding carboxylic acids is 1. The van der Waals surface area contributed by atoms with Gasteiger partial charge in [-0.05, 0) is 6.42 Å². The van der Waals surface area contributed by atoms with Gasteiger partial charge in [-0.1, -0.05) is 6.92 Å². The fraction of sp³-hybridized carbons (Fsp3) is 0.875. The molecule has 0 aliphatic heterocycles. The van der Waals surface area contributed by atoms with E-state index in [9.17, 15) is 13.2 Å². The molecule has 1 amide bonds. The second kappa shape index (κ2) is 5.31. The van der Waals surface area contributed by atoms with E-state index in [2.05, 4.69) is 0 Å². The van der Waals surface area contributed by atoms with E-state index in [1.54, 1.807) is 7.05 Å². The maximum absolute atomic E-state index is 11.4. The van der Waals surface area contributed by atoms with E-state index in [-0.39, 0.29) is 18.2 Å². The molecule has 14 heavy (non-hydrogen) atoms. The van der Waals surface area contributed by atoms with Gasteiger partial charge in [0.15, 0.2) is 0 Å². The fourth-order valence-electron chi connectivity index (χ4n) is 0.871. The zero-order valence-corrected chi connectivity index (χ0v) is 9.67. The van der Waals surface area contributed by atoms with Gasteiger partial charge < -0.3 is 10.6 Å². The van der Waals surface area contributed by atoms with Crippen LogP contribution in [0.5, 0.6) is 0 Å². The molecular formula is C8H18N2O3S. The maximum Gasteiger partial charge on any atom is 0.239 e. The van der Waals surface area contributed by atoms with Crippen molar-refractivity contribution in [3.05, 3.63) is 0 Å². The van der Waals surface area contributed by atoms with Gasteiger partial charge in [0.1, 0.15) is 9.84 Å². The number of sulfone groups is 1. The van der Waals surface area contributed by atoms with Crippen LogP contribution in [0.3, 0.4) is 0 Å². The molecule has 0 saturated heterocycles. The predicted molar refractivity (Wildman–Crippen MR) is 55.6 cm³/mol. The lowest BCUT2D eigenvalue weighted by atomic mass is 10.2. The van der Waals surface area contributed by atoms with E-state index in [1.807, 2.05) is 6.92 Å². The normalized spacial score (nSPS) is 13.7. The first kappa shape index (κ1) is 13.4. The Balaban J connectivity index is 4.09. The average molecular weight is 222 g/mol. The molecule has 1 atom stereocenters. The molecule has 0 aromatic rings. The topological polar surface area (TPSA) is 80.5 Å². The van der Waals surface area contributed by atoms with Gasteiger partial charge in [-0.25, -0.2) is 8.42 Å². The summed E-state index contributed by atoms with van der Waals surface area (Å²) in [5.41, 5.74) is 5.52. The highest BCUT2D eigenvalue weighted by Crippen LogP contribution is 1.95. The van der Waals surface area contributed by atoms with E-state index in [4.69, 9.17) is 5.73 Å². The largest absolute Gasteiger partial charge is 0.343 e. The molecule has 84 valence electrons. The van der Waals surface area contributed by atoms with Gasteiger partial charge in [-0.2, -0.15) is 0 Å². The Bertz CT molecular complexity index is 287. The first-order valence-electron chi connectivity index (χ1n) is 4.46. The lowest BCUT2D eigenvalue weighted by Gasteiger charge is -2.19. The molecule has 0 aliphatic carbocycles. The van der Waals surface area contributed by atoms with Gasteiger partial charge in [-0.3, -0.25) is 4.79 Å². The number of rotatable bonds is 5. The van der Waals surface area contributed by atoms with Crippen molar-refractivity contribution in [2.24, 2.45) is 5.73 Å². The standard InChI is InChI=1S/C8H18N2O3S/c1-4-7(9)8(11)10(2)5-6-14(3,12)13/h7H,4-6,9H2,1-3H3/t7-/m1/s1. The van der Waals surface area contributed by atoms with Crippen molar-refractivity contribution >= 4 is 15.7 Å². The van der Waals surface area contributed by atoms with Crippen molar-refractivity contribution in [3.8, 4) is 0 Å². The molecule has 0 saturated carbocycles. The Morgan fingerprint density at radius 1 is 1.50 bits per heavy atom. The van der Waals surface area contributed by atoms with Crippen LogP contribution in [0, 0.1) is 0 Å². The van der Waals surface area contributed by atoms with E-state index >= 15 is 0 Å². The molecule has 5 nitrogen and oxygen atoms in total. The quantitative estimate of drug-likeness (QED) is 0.662. The Labute approximate surface area is 85.2 Å². The van der Waals surface area contributed by atoms with E-state index in [1.165, 1.54) is 4.90 Å². The van der Waals surface area contributed by atoms with Crippen LogP contribution in [0.25, 0.3) is 0 Å². The maximum atomic E-state index is 11.4. The smallest absolute Gasteiger partial charge is 0.239 e. The monoisotopic (exact) mass is 222 g/mol. The van der Waals surface area contributed by atoms with Crippen molar-refractivity contribution in [1.82, 2.24) is 4.90 Å². The first-order valence-corrected chi connectivity index (χ1v) is 6.52. The summed E-state index contributed by atoms with van der Waals surface area (Å²) in [6, 6.07) is -0.528. The molecule has 0 aromatic carbocycles. The minimum atomic E-state index is -3.02. The van der Waals surface area contributed by atoms with Crippen LogP contribution in [0.2, 0.25) is 0 Å². The molecule has 2 N–H and O–H groups in total. The van der Waals surface area contributed by atoms with E-state index in [0.29, 0.717) is 6.42 Å². The van der Waals surface area contributed by atoms with Crippen molar-refractivity contribution < 1.29 is 13.2 Å². The molecule has 0 spiro atoms. The summed E-state index contributed by atoms with van der Waals surface area (Å²) in [6.45, 7) is 2.01. The SMILES string of the molecule is CC[C@@H](N)C(=O)N(C)CCS(C)(=O)=O. The highest BCUT2D eigenvalue weighted by atomic mass is 32.2. The number of nitrogens with zero attached hydrogens (tertiary/aromatic N) is 1. The summed E-state index contributed by atoms with van der Waals surface area (Å²) >= 11 is 0. The Morgan fingerprint density at radius 2 is 2.00 bits per heavy atom. The number of amides is 1. The molecule has 0 unspecified atom stereocenters. The summed E-state index contributed by atoms with van der Waals surface area (Å²) in [7, 11) is -1.46. The minimum absolute atomic E-state index is 0.0221. The van der Waals surface area contributed by atoms with Crippen LogP contribution < -0.4 is 5.73 Å². The molecule has 0 aliphatic rings. The van der Waals surface area contributed by atoms with Crippen LogP contribution in [-0.4, -0.2) is 50.9 Å². The summed E-state index contributed by atoms with van der Waals surface area (Å²) in [5, 5.41) is 0. The summed E-state index contributed by atoms with van der Waals surface area (Å²) in [4.78, 5) is 12.8. The summed E-state index contributed by atoms with van der Waals surface area (Å²) < 4.78 is 21.7. The number of nitrogens with two attached hydrogens (primary N) is 1. The third-order valence-electron chi connectivity index (χ3n) is 1.93. The van der Waals surface area contributed by atoms with Crippen LogP contribution in [0.1, 0.15) is 13.3 Å². The fourth-order valence-corrected chi connectivity index (χ4v) is 1.48. The van der Waals surface area contributed by atoms with Crippen LogP contribution in [-0.2, 0) is 14.6 Å². The number of hydrogen-bond acceptors (Lipinski definition) is 4. The molecule has 0 heterocycles. The Kier molecular flexibility index (Phi) is 5.07. The molecule has 0 bridgehead atoms. The highest BCUT2D eigenvalue weighted by Gasteiger charge is 2.16. The molecule has 0 fully saturated rings. The van der Waals surface area contributed by atoms with Gasteiger partial charge in [-0.15, -0.1) is 0 Å². The summed E-state index contributed by atoms with van der Waals surface area (Å²) in [6.07, 6.45) is 1.70. The third-order valence-corrected chi connectivity index (χ3v) is 2.85. The van der Waals surface area contributed by atoms with Gasteiger partial charge in [0, 0.05) is 19.8 Å². The second-order valence-electron chi connectivity index (χ2n) is 3.40. The second-order valence-corrected chi connectivity index (χ2v) is 5.66. The summed E-state index contributed by atoms with van der Waals surface area (Å²) in [5.74, 6) is -0.234. The zero-order valence-electron chi connectivity index (χ0n) is 8.86. The molecular weight excluding hydrogens is 204 g/mol. The molecule has 6 heteroatoms. The van der Waals surface area contributed by atoms with E-state index in [0.717, 1.165) is 6.26 Å². The van der Waals surface area contributed by atoms with Crippen molar-refractivity contribution in [3.63, 3.8) is 0 Å². The Hall–Kier alpha value is -0.620. The Morgan fingerprint density at radius 3 is 2.36 bits per heavy atom. The molecule has 0 radical (unpaired) electrons. The van der Waals surface area contributed by atoms with Gasteiger partial charge in [0.25, 0.3) is 0 Å². The number of hydrogen-bond donors (Lipinski definition) is 1. The average Bonchev–Trinajstić information content (AvgIpc) is 2.10. The number of carbonyl (C=O) groups is 1. The predicted octanol–water partition coefficient (Wildman–Crippen LogP) is -0.773. The van der Waals surface area contributed by atoms with Crippen molar-refractivity contribution in [2.45, 2.75) is 19.4 Å². The van der Waals surface area contributed by atoms with E-state index < -0.39 is 15.9 Å². The molecule has 0 aromatic heterocycles. The lowest BCUT2D eigenvalue weighted by Crippen LogP contribution is -2.42. The van der Waals surface area contributed by atoms with Crippen LogP contribution >= 0.6 is 0 Å². The van der Waals surface area contributed by atoms with Gasteiger partial charge in [0.2, 0.25) is 5.91 Å². The van der Waals surface area contributed by atoms with Gasteiger partial charge >= 0.3 is 0 Å². The van der Waals surface area contributed by atoms with Crippen LogP contribution in [0.4, 0.5) is 0 Å². The highest BCUT2D eigenvalue weighted by molar-refractivity contribution is 7.90. The molecule has 0 rings (SSSR count). The third kappa shape index (κ3) is 5.18. The number of likely N-dealkylation sites (N-methyl/N-ethyl adjacent to an activating group) is 1. The van der Waals surface area contributed by atoms with Gasteiger partial charge in [0.05, 0.1) is 11.8 Å². The zero-order chi connectivity index (χ0) is 11.4. The van der Waals surface area contributed by atoms with Crippen molar-refractivity contribution in [1.29, 1.82) is 0 Å². The van der Waals surface area contributed by atoms with Crippen LogP contribution in [0.15, 0.2) is 0 Å². The van der Waals surface area contributed by atoms with Crippen molar-refractivity contribution in [2.75, 3.05) is 25.6 Å².